The Kier molecular flexibility index (Phi) is 6.56. The summed E-state index contributed by atoms with van der Waals surface area (Å²) < 4.78 is 25.7. The van der Waals surface area contributed by atoms with Crippen molar-refractivity contribution in [1.29, 1.82) is 0 Å². The molecule has 2 aromatic carbocycles. The van der Waals surface area contributed by atoms with Crippen molar-refractivity contribution >= 4 is 38.6 Å². The molecular weight excluding hydrogens is 446 g/mol. The van der Waals surface area contributed by atoms with Crippen LogP contribution in [0.5, 0.6) is 0 Å². The molecule has 32 heavy (non-hydrogen) atoms. The SMILES string of the molecule is CN(C)S(=O)(=O)c1ccc(-c2nc(C(=O)Nc3ccccc3N3CCNCC3)cs2)cc1. The van der Waals surface area contributed by atoms with Crippen molar-refractivity contribution in [2.24, 2.45) is 0 Å². The smallest absolute Gasteiger partial charge is 0.275 e. The zero-order valence-corrected chi connectivity index (χ0v) is 19.5. The molecule has 0 unspecified atom stereocenters. The monoisotopic (exact) mass is 471 g/mol. The highest BCUT2D eigenvalue weighted by Crippen LogP contribution is 2.28. The number of piperazine rings is 1. The highest BCUT2D eigenvalue weighted by Gasteiger charge is 2.19. The first kappa shape index (κ1) is 22.4. The first-order valence-corrected chi connectivity index (χ1v) is 12.5. The van der Waals surface area contributed by atoms with E-state index < -0.39 is 10.0 Å². The maximum absolute atomic E-state index is 12.9. The van der Waals surface area contributed by atoms with Crippen LogP contribution in [0.3, 0.4) is 0 Å². The largest absolute Gasteiger partial charge is 0.367 e. The summed E-state index contributed by atoms with van der Waals surface area (Å²) in [5.74, 6) is -0.276. The van der Waals surface area contributed by atoms with Crippen molar-refractivity contribution in [3.63, 3.8) is 0 Å². The molecule has 1 amide bonds. The second kappa shape index (κ2) is 9.37. The van der Waals surface area contributed by atoms with Crippen LogP contribution in [-0.2, 0) is 10.0 Å². The van der Waals surface area contributed by atoms with Crippen molar-refractivity contribution in [2.45, 2.75) is 4.90 Å². The molecule has 1 fully saturated rings. The fourth-order valence-corrected chi connectivity index (χ4v) is 5.15. The van der Waals surface area contributed by atoms with Gasteiger partial charge in [-0.2, -0.15) is 0 Å². The second-order valence-corrected chi connectivity index (χ2v) is 10.6. The number of anilines is 2. The summed E-state index contributed by atoms with van der Waals surface area (Å²) in [7, 11) is -0.497. The van der Waals surface area contributed by atoms with Gasteiger partial charge in [0.2, 0.25) is 10.0 Å². The molecule has 1 aromatic heterocycles. The molecule has 0 atom stereocenters. The Morgan fingerprint density at radius 3 is 2.47 bits per heavy atom. The maximum Gasteiger partial charge on any atom is 0.275 e. The molecule has 1 aliphatic rings. The minimum atomic E-state index is -3.49. The Bertz CT molecular complexity index is 1200. The minimum Gasteiger partial charge on any atom is -0.367 e. The summed E-state index contributed by atoms with van der Waals surface area (Å²) in [6.45, 7) is 3.58. The van der Waals surface area contributed by atoms with E-state index in [2.05, 4.69) is 20.5 Å². The minimum absolute atomic E-state index is 0.213. The molecule has 0 bridgehead atoms. The van der Waals surface area contributed by atoms with Gasteiger partial charge in [-0.25, -0.2) is 17.7 Å². The van der Waals surface area contributed by atoms with Crippen molar-refractivity contribution < 1.29 is 13.2 Å². The van der Waals surface area contributed by atoms with Gasteiger partial charge >= 0.3 is 0 Å². The predicted molar refractivity (Wildman–Crippen MR) is 128 cm³/mol. The fraction of sp³-hybridized carbons (Fsp3) is 0.273. The molecule has 0 spiro atoms. The third-order valence-electron chi connectivity index (χ3n) is 5.23. The molecule has 168 valence electrons. The van der Waals surface area contributed by atoms with Gasteiger partial charge in [-0.1, -0.05) is 24.3 Å². The van der Waals surface area contributed by atoms with Crippen LogP contribution in [0.25, 0.3) is 10.6 Å². The standard InChI is InChI=1S/C22H25N5O3S2/c1-26(2)32(29,30)17-9-7-16(8-10-17)22-25-19(15-31-22)21(28)24-18-5-3-4-6-20(18)27-13-11-23-12-14-27/h3-10,15,23H,11-14H2,1-2H3,(H,24,28). The Morgan fingerprint density at radius 1 is 1.09 bits per heavy atom. The molecule has 0 radical (unpaired) electrons. The molecule has 1 aliphatic heterocycles. The van der Waals surface area contributed by atoms with Gasteiger partial charge in [0.15, 0.2) is 0 Å². The number of sulfonamides is 1. The fourth-order valence-electron chi connectivity index (χ4n) is 3.44. The summed E-state index contributed by atoms with van der Waals surface area (Å²) in [5.41, 5.74) is 2.83. The zero-order chi connectivity index (χ0) is 22.7. The van der Waals surface area contributed by atoms with E-state index in [-0.39, 0.29) is 10.8 Å². The maximum atomic E-state index is 12.9. The van der Waals surface area contributed by atoms with E-state index in [9.17, 15) is 13.2 Å². The lowest BCUT2D eigenvalue weighted by atomic mass is 10.2. The predicted octanol–water partition coefficient (Wildman–Crippen LogP) is 2.72. The Hall–Kier alpha value is -2.79. The lowest BCUT2D eigenvalue weighted by Gasteiger charge is -2.31. The molecule has 2 heterocycles. The van der Waals surface area contributed by atoms with Gasteiger partial charge in [-0.15, -0.1) is 11.3 Å². The van der Waals surface area contributed by atoms with Gasteiger partial charge in [-0.3, -0.25) is 4.79 Å². The van der Waals surface area contributed by atoms with Crippen molar-refractivity contribution in [1.82, 2.24) is 14.6 Å². The summed E-state index contributed by atoms with van der Waals surface area (Å²) in [6.07, 6.45) is 0. The van der Waals surface area contributed by atoms with E-state index in [0.29, 0.717) is 10.7 Å². The van der Waals surface area contributed by atoms with E-state index in [1.165, 1.54) is 29.7 Å². The third kappa shape index (κ3) is 4.68. The van der Waals surface area contributed by atoms with Gasteiger partial charge in [0.25, 0.3) is 5.91 Å². The van der Waals surface area contributed by atoms with Gasteiger partial charge < -0.3 is 15.5 Å². The first-order chi connectivity index (χ1) is 15.4. The average Bonchev–Trinajstić information content (AvgIpc) is 3.30. The number of aromatic nitrogens is 1. The van der Waals surface area contributed by atoms with E-state index in [0.717, 1.165) is 43.1 Å². The molecule has 4 rings (SSSR count). The number of hydrogen-bond donors (Lipinski definition) is 2. The topological polar surface area (TPSA) is 94.6 Å². The lowest BCUT2D eigenvalue weighted by Crippen LogP contribution is -2.43. The van der Waals surface area contributed by atoms with Gasteiger partial charge in [0.05, 0.1) is 16.3 Å². The molecular formula is C22H25N5O3S2. The molecule has 3 aromatic rings. The number of benzene rings is 2. The average molecular weight is 472 g/mol. The Labute approximate surface area is 191 Å². The van der Waals surface area contributed by atoms with E-state index >= 15 is 0 Å². The van der Waals surface area contributed by atoms with E-state index in [1.54, 1.807) is 29.6 Å². The summed E-state index contributed by atoms with van der Waals surface area (Å²) >= 11 is 1.34. The van der Waals surface area contributed by atoms with Crippen LogP contribution in [0.15, 0.2) is 58.8 Å². The van der Waals surface area contributed by atoms with Gasteiger partial charge in [0.1, 0.15) is 10.7 Å². The quantitative estimate of drug-likeness (QED) is 0.574. The third-order valence-corrected chi connectivity index (χ3v) is 7.95. The normalized spacial score (nSPS) is 14.5. The zero-order valence-electron chi connectivity index (χ0n) is 17.9. The molecule has 0 aliphatic carbocycles. The van der Waals surface area contributed by atoms with Crippen LogP contribution in [0, 0.1) is 0 Å². The number of thiazole rings is 1. The number of carbonyl (C=O) groups is 1. The summed E-state index contributed by atoms with van der Waals surface area (Å²) in [5, 5.41) is 8.68. The number of carbonyl (C=O) groups excluding carboxylic acids is 1. The lowest BCUT2D eigenvalue weighted by molar-refractivity contribution is 0.102. The van der Waals surface area contributed by atoms with Crippen molar-refractivity contribution in [3.8, 4) is 10.6 Å². The molecule has 1 saturated heterocycles. The van der Waals surface area contributed by atoms with Crippen LogP contribution in [0.4, 0.5) is 11.4 Å². The summed E-state index contributed by atoms with van der Waals surface area (Å²) in [6, 6.07) is 14.3. The number of para-hydroxylation sites is 2. The Morgan fingerprint density at radius 2 is 1.78 bits per heavy atom. The summed E-state index contributed by atoms with van der Waals surface area (Å²) in [4.78, 5) is 19.8. The number of nitrogens with one attached hydrogen (secondary N) is 2. The molecule has 8 nitrogen and oxygen atoms in total. The van der Waals surface area contributed by atoms with E-state index in [4.69, 9.17) is 0 Å². The van der Waals surface area contributed by atoms with Crippen LogP contribution in [0.1, 0.15) is 10.5 Å². The van der Waals surface area contributed by atoms with Crippen molar-refractivity contribution in [3.05, 3.63) is 59.6 Å². The molecule has 0 saturated carbocycles. The van der Waals surface area contributed by atoms with Gasteiger partial charge in [-0.05, 0) is 24.3 Å². The highest BCUT2D eigenvalue weighted by molar-refractivity contribution is 7.89. The second-order valence-electron chi connectivity index (χ2n) is 7.56. The first-order valence-electron chi connectivity index (χ1n) is 10.2. The van der Waals surface area contributed by atoms with Crippen LogP contribution >= 0.6 is 11.3 Å². The molecule has 10 heteroatoms. The number of hydrogen-bond acceptors (Lipinski definition) is 7. The number of nitrogens with zero attached hydrogens (tertiary/aromatic N) is 3. The van der Waals surface area contributed by atoms with Crippen molar-refractivity contribution in [2.75, 3.05) is 50.5 Å². The van der Waals surface area contributed by atoms with Gasteiger partial charge in [0, 0.05) is 51.2 Å². The van der Waals surface area contributed by atoms with Crippen LogP contribution < -0.4 is 15.5 Å². The van der Waals surface area contributed by atoms with E-state index in [1.807, 2.05) is 24.3 Å². The number of amides is 1. The highest BCUT2D eigenvalue weighted by atomic mass is 32.2. The molecule has 2 N–H and O–H groups in total. The number of rotatable bonds is 6. The van der Waals surface area contributed by atoms with Crippen LogP contribution in [-0.4, -0.2) is 63.9 Å². The van der Waals surface area contributed by atoms with Crippen LogP contribution in [0.2, 0.25) is 0 Å². The Balaban J connectivity index is 1.51.